The zero-order chi connectivity index (χ0) is 13.8. The molecule has 0 aliphatic carbocycles. The number of hydrogen-bond acceptors (Lipinski definition) is 2. The van der Waals surface area contributed by atoms with Gasteiger partial charge in [-0.25, -0.2) is 0 Å². The Labute approximate surface area is 112 Å². The molecule has 0 heterocycles. The van der Waals surface area contributed by atoms with Gasteiger partial charge in [0, 0.05) is 13.2 Å². The summed E-state index contributed by atoms with van der Waals surface area (Å²) < 4.78 is 5.44. The van der Waals surface area contributed by atoms with Crippen molar-refractivity contribution in [1.29, 1.82) is 0 Å². The molecule has 1 atom stereocenters. The second kappa shape index (κ2) is 6.35. The molecule has 2 nitrogen and oxygen atoms in total. The molecule has 1 unspecified atom stereocenters. The molecule has 1 rings (SSSR count). The van der Waals surface area contributed by atoms with Crippen LogP contribution in [0.4, 0.5) is 0 Å². The van der Waals surface area contributed by atoms with Gasteiger partial charge in [-0.3, -0.25) is 0 Å². The topological polar surface area (TPSA) is 35.2 Å². The van der Waals surface area contributed by atoms with Crippen molar-refractivity contribution in [3.05, 3.63) is 35.4 Å². The predicted octanol–water partition coefficient (Wildman–Crippen LogP) is 3.70. The summed E-state index contributed by atoms with van der Waals surface area (Å²) in [4.78, 5) is 0. The van der Waals surface area contributed by atoms with E-state index in [1.165, 1.54) is 11.1 Å². The molecule has 0 aliphatic rings. The zero-order valence-electron chi connectivity index (χ0n) is 12.4. The van der Waals surface area contributed by atoms with E-state index in [0.29, 0.717) is 5.92 Å². The maximum Gasteiger partial charge on any atom is 0.0640 e. The van der Waals surface area contributed by atoms with E-state index in [1.54, 1.807) is 7.11 Å². The lowest BCUT2D eigenvalue weighted by atomic mass is 9.92. The summed E-state index contributed by atoms with van der Waals surface area (Å²) in [5.74, 6) is 0.673. The van der Waals surface area contributed by atoms with Crippen molar-refractivity contribution in [1.82, 2.24) is 0 Å². The molecule has 0 amide bonds. The summed E-state index contributed by atoms with van der Waals surface area (Å²) in [6.45, 7) is 8.62. The third-order valence-corrected chi connectivity index (χ3v) is 3.29. The number of hydrogen-bond donors (Lipinski definition) is 1. The van der Waals surface area contributed by atoms with Crippen LogP contribution in [0.2, 0.25) is 0 Å². The molecule has 0 saturated heterocycles. The number of nitrogens with two attached hydrogens (primary N) is 1. The van der Waals surface area contributed by atoms with Crippen LogP contribution >= 0.6 is 0 Å². The Balaban J connectivity index is 2.76. The minimum Gasteiger partial charge on any atom is -0.379 e. The molecule has 0 spiro atoms. The average Bonchev–Trinajstić information content (AvgIpc) is 2.28. The molecular formula is C16H27NO. The summed E-state index contributed by atoms with van der Waals surface area (Å²) in [7, 11) is 1.74. The first-order chi connectivity index (χ1) is 8.34. The van der Waals surface area contributed by atoms with Gasteiger partial charge in [0.15, 0.2) is 0 Å². The summed E-state index contributed by atoms with van der Waals surface area (Å²) in [5, 5.41) is 0. The van der Waals surface area contributed by atoms with Gasteiger partial charge in [-0.05, 0) is 43.7 Å². The van der Waals surface area contributed by atoms with Gasteiger partial charge in [0.25, 0.3) is 0 Å². The van der Waals surface area contributed by atoms with Crippen LogP contribution in [0, 0.1) is 5.92 Å². The second-order valence-corrected chi connectivity index (χ2v) is 6.12. The van der Waals surface area contributed by atoms with E-state index >= 15 is 0 Å². The van der Waals surface area contributed by atoms with Gasteiger partial charge in [-0.1, -0.05) is 38.1 Å². The van der Waals surface area contributed by atoms with Crippen LogP contribution in [0.1, 0.15) is 51.3 Å². The van der Waals surface area contributed by atoms with E-state index in [9.17, 15) is 0 Å². The van der Waals surface area contributed by atoms with Crippen molar-refractivity contribution in [3.8, 4) is 0 Å². The normalized spacial score (nSPS) is 13.9. The quantitative estimate of drug-likeness (QED) is 0.834. The minimum absolute atomic E-state index is 0.0343. The SMILES string of the molecule is COC(C)(C)CC(N)c1cccc(CC(C)C)c1. The second-order valence-electron chi connectivity index (χ2n) is 6.12. The zero-order valence-corrected chi connectivity index (χ0v) is 12.4. The lowest BCUT2D eigenvalue weighted by Crippen LogP contribution is -2.28. The molecule has 1 aromatic carbocycles. The van der Waals surface area contributed by atoms with Crippen molar-refractivity contribution in [2.24, 2.45) is 11.7 Å². The predicted molar refractivity (Wildman–Crippen MR) is 77.6 cm³/mol. The first kappa shape index (κ1) is 15.2. The Kier molecular flexibility index (Phi) is 5.36. The van der Waals surface area contributed by atoms with Crippen LogP contribution < -0.4 is 5.73 Å². The van der Waals surface area contributed by atoms with Crippen LogP contribution in [0.25, 0.3) is 0 Å². The van der Waals surface area contributed by atoms with Gasteiger partial charge in [-0.15, -0.1) is 0 Å². The molecule has 1 aromatic rings. The van der Waals surface area contributed by atoms with Gasteiger partial charge in [0.05, 0.1) is 5.60 Å². The van der Waals surface area contributed by atoms with Gasteiger partial charge < -0.3 is 10.5 Å². The number of benzene rings is 1. The maximum atomic E-state index is 6.28. The smallest absolute Gasteiger partial charge is 0.0640 e. The van der Waals surface area contributed by atoms with Gasteiger partial charge >= 0.3 is 0 Å². The van der Waals surface area contributed by atoms with Crippen molar-refractivity contribution in [3.63, 3.8) is 0 Å². The Morgan fingerprint density at radius 3 is 2.50 bits per heavy atom. The molecular weight excluding hydrogens is 222 g/mol. The van der Waals surface area contributed by atoms with Crippen LogP contribution in [0.15, 0.2) is 24.3 Å². The molecule has 0 aromatic heterocycles. The van der Waals surface area contributed by atoms with Gasteiger partial charge in [0.1, 0.15) is 0 Å². The summed E-state index contributed by atoms with van der Waals surface area (Å²) in [6.07, 6.45) is 1.93. The van der Waals surface area contributed by atoms with Crippen molar-refractivity contribution >= 4 is 0 Å². The number of rotatable bonds is 6. The fraction of sp³-hybridized carbons (Fsp3) is 0.625. The highest BCUT2D eigenvalue weighted by atomic mass is 16.5. The van der Waals surface area contributed by atoms with Crippen LogP contribution in [0.5, 0.6) is 0 Å². The minimum atomic E-state index is -0.173. The summed E-state index contributed by atoms with van der Waals surface area (Å²) in [5.41, 5.74) is 8.68. The van der Waals surface area contributed by atoms with Crippen molar-refractivity contribution < 1.29 is 4.74 Å². The first-order valence-corrected chi connectivity index (χ1v) is 6.73. The van der Waals surface area contributed by atoms with Crippen molar-refractivity contribution in [2.45, 2.75) is 52.2 Å². The lowest BCUT2D eigenvalue weighted by molar-refractivity contribution is 0.00995. The Hall–Kier alpha value is -0.860. The van der Waals surface area contributed by atoms with Crippen LogP contribution in [-0.2, 0) is 11.2 Å². The fourth-order valence-electron chi connectivity index (χ4n) is 2.15. The van der Waals surface area contributed by atoms with Crippen LogP contribution in [-0.4, -0.2) is 12.7 Å². The average molecular weight is 249 g/mol. The molecule has 0 fully saturated rings. The fourth-order valence-corrected chi connectivity index (χ4v) is 2.15. The van der Waals surface area contributed by atoms with Crippen LogP contribution in [0.3, 0.4) is 0 Å². The first-order valence-electron chi connectivity index (χ1n) is 6.73. The largest absolute Gasteiger partial charge is 0.379 e. The van der Waals surface area contributed by atoms with Crippen molar-refractivity contribution in [2.75, 3.05) is 7.11 Å². The van der Waals surface area contributed by atoms with E-state index in [2.05, 4.69) is 52.0 Å². The Morgan fingerprint density at radius 1 is 1.28 bits per heavy atom. The Morgan fingerprint density at radius 2 is 1.94 bits per heavy atom. The molecule has 2 N–H and O–H groups in total. The highest BCUT2D eigenvalue weighted by Crippen LogP contribution is 2.25. The Bertz CT molecular complexity index is 371. The van der Waals surface area contributed by atoms with E-state index in [4.69, 9.17) is 10.5 Å². The molecule has 102 valence electrons. The molecule has 0 aliphatic heterocycles. The standard InChI is InChI=1S/C16H27NO/c1-12(2)9-13-7-6-8-14(10-13)15(17)11-16(3,4)18-5/h6-8,10,12,15H,9,11,17H2,1-5H3. The highest BCUT2D eigenvalue weighted by Gasteiger charge is 2.21. The van der Waals surface area contributed by atoms with Gasteiger partial charge in [-0.2, -0.15) is 0 Å². The third kappa shape index (κ3) is 4.79. The monoisotopic (exact) mass is 249 g/mol. The molecule has 18 heavy (non-hydrogen) atoms. The molecule has 0 bridgehead atoms. The van der Waals surface area contributed by atoms with E-state index in [-0.39, 0.29) is 11.6 Å². The molecule has 0 saturated carbocycles. The maximum absolute atomic E-state index is 6.28. The molecule has 0 radical (unpaired) electrons. The van der Waals surface area contributed by atoms with E-state index in [1.807, 2.05) is 0 Å². The van der Waals surface area contributed by atoms with Gasteiger partial charge in [0.2, 0.25) is 0 Å². The summed E-state index contributed by atoms with van der Waals surface area (Å²) >= 11 is 0. The molecule has 2 heteroatoms. The number of ether oxygens (including phenoxy) is 1. The third-order valence-electron chi connectivity index (χ3n) is 3.29. The van der Waals surface area contributed by atoms with E-state index in [0.717, 1.165) is 12.8 Å². The number of methoxy groups -OCH3 is 1. The highest BCUT2D eigenvalue weighted by molar-refractivity contribution is 5.26. The summed E-state index contributed by atoms with van der Waals surface area (Å²) in [6, 6.07) is 8.66. The lowest BCUT2D eigenvalue weighted by Gasteiger charge is -2.27. The van der Waals surface area contributed by atoms with E-state index < -0.39 is 0 Å².